The fourth-order valence-corrected chi connectivity index (χ4v) is 3.04. The van der Waals surface area contributed by atoms with Gasteiger partial charge in [-0.1, -0.05) is 32.0 Å². The van der Waals surface area contributed by atoms with Gasteiger partial charge in [-0.15, -0.1) is 0 Å². The molecule has 0 radical (unpaired) electrons. The highest BCUT2D eigenvalue weighted by molar-refractivity contribution is 7.92. The Kier molecular flexibility index (Phi) is 6.49. The van der Waals surface area contributed by atoms with Crippen LogP contribution in [0.5, 0.6) is 5.75 Å². The smallest absolute Gasteiger partial charge is 0.265 e. The van der Waals surface area contributed by atoms with Crippen molar-refractivity contribution in [2.75, 3.05) is 22.9 Å². The van der Waals surface area contributed by atoms with Crippen LogP contribution in [0, 0.1) is 0 Å². The van der Waals surface area contributed by atoms with Crippen LogP contribution in [0.1, 0.15) is 32.3 Å². The van der Waals surface area contributed by atoms with E-state index < -0.39 is 16.1 Å². The maximum atomic E-state index is 12.5. The number of amides is 1. The number of hydrogen-bond acceptors (Lipinski definition) is 4. The van der Waals surface area contributed by atoms with Crippen molar-refractivity contribution in [3.63, 3.8) is 0 Å². The molecule has 0 spiro atoms. The summed E-state index contributed by atoms with van der Waals surface area (Å²) in [7, 11) is -1.84. The second-order valence-electron chi connectivity index (χ2n) is 6.72. The highest BCUT2D eigenvalue weighted by Gasteiger charge is 2.17. The minimum atomic E-state index is -3.32. The lowest BCUT2D eigenvalue weighted by atomic mass is 10.0. The Morgan fingerprint density at radius 3 is 2.19 bits per heavy atom. The summed E-state index contributed by atoms with van der Waals surface area (Å²) >= 11 is 0. The molecule has 1 atom stereocenters. The number of carbonyl (C=O) groups excluding carboxylic acids is 1. The van der Waals surface area contributed by atoms with Gasteiger partial charge in [-0.05, 0) is 48.7 Å². The topological polar surface area (TPSA) is 75.7 Å². The van der Waals surface area contributed by atoms with Crippen LogP contribution in [0.4, 0.5) is 11.4 Å². The van der Waals surface area contributed by atoms with E-state index in [4.69, 9.17) is 4.74 Å². The second-order valence-corrected chi connectivity index (χ2v) is 8.73. The predicted octanol–water partition coefficient (Wildman–Crippen LogP) is 3.61. The lowest BCUT2D eigenvalue weighted by molar-refractivity contribution is -0.122. The standard InChI is InChI=1S/C20H26N2O4S/c1-14(2)18-8-6-7-9-19(18)21-20(23)15(3)26-17-12-10-16(11-13-17)22(4)27(5,24)25/h6-15H,1-5H3,(H,21,23). The first-order valence-corrected chi connectivity index (χ1v) is 10.5. The first kappa shape index (κ1) is 20.8. The summed E-state index contributed by atoms with van der Waals surface area (Å²) in [5, 5.41) is 2.91. The second kappa shape index (κ2) is 8.43. The number of para-hydroxylation sites is 1. The minimum Gasteiger partial charge on any atom is -0.481 e. The maximum absolute atomic E-state index is 12.5. The molecule has 2 rings (SSSR count). The Hall–Kier alpha value is -2.54. The molecule has 7 heteroatoms. The van der Waals surface area contributed by atoms with Crippen molar-refractivity contribution in [3.05, 3.63) is 54.1 Å². The average Bonchev–Trinajstić information content (AvgIpc) is 2.61. The molecular weight excluding hydrogens is 364 g/mol. The van der Waals surface area contributed by atoms with Gasteiger partial charge in [0.15, 0.2) is 6.10 Å². The van der Waals surface area contributed by atoms with Crippen molar-refractivity contribution in [3.8, 4) is 5.75 Å². The van der Waals surface area contributed by atoms with Crippen molar-refractivity contribution in [2.24, 2.45) is 0 Å². The van der Waals surface area contributed by atoms with Crippen LogP contribution < -0.4 is 14.4 Å². The minimum absolute atomic E-state index is 0.250. The van der Waals surface area contributed by atoms with Crippen LogP contribution in [-0.4, -0.2) is 33.7 Å². The number of hydrogen-bond donors (Lipinski definition) is 1. The zero-order valence-corrected chi connectivity index (χ0v) is 17.1. The van der Waals surface area contributed by atoms with Crippen molar-refractivity contribution in [1.82, 2.24) is 0 Å². The third-order valence-corrected chi connectivity index (χ3v) is 5.43. The molecule has 1 amide bonds. The summed E-state index contributed by atoms with van der Waals surface area (Å²) in [6.07, 6.45) is 0.433. The summed E-state index contributed by atoms with van der Waals surface area (Å²) in [6.45, 7) is 5.81. The summed E-state index contributed by atoms with van der Waals surface area (Å²) in [5.74, 6) is 0.526. The van der Waals surface area contributed by atoms with Gasteiger partial charge in [-0.2, -0.15) is 0 Å². The van der Waals surface area contributed by atoms with Gasteiger partial charge in [0.25, 0.3) is 5.91 Å². The summed E-state index contributed by atoms with van der Waals surface area (Å²) in [6, 6.07) is 14.2. The fraction of sp³-hybridized carbons (Fsp3) is 0.350. The van der Waals surface area contributed by atoms with E-state index >= 15 is 0 Å². The number of rotatable bonds is 7. The molecule has 0 saturated heterocycles. The summed E-state index contributed by atoms with van der Waals surface area (Å²) < 4.78 is 30.0. The van der Waals surface area contributed by atoms with Crippen molar-refractivity contribution < 1.29 is 17.9 Å². The number of nitrogens with zero attached hydrogens (tertiary/aromatic N) is 1. The number of nitrogens with one attached hydrogen (secondary N) is 1. The molecule has 0 aliphatic rings. The first-order valence-electron chi connectivity index (χ1n) is 8.70. The Morgan fingerprint density at radius 1 is 1.04 bits per heavy atom. The van der Waals surface area contributed by atoms with E-state index in [-0.39, 0.29) is 11.8 Å². The summed E-state index contributed by atoms with van der Waals surface area (Å²) in [5.41, 5.74) is 2.36. The third kappa shape index (κ3) is 5.47. The van der Waals surface area contributed by atoms with Crippen molar-refractivity contribution in [1.29, 1.82) is 0 Å². The van der Waals surface area contributed by atoms with Gasteiger partial charge in [0.1, 0.15) is 5.75 Å². The van der Waals surface area contributed by atoms with Crippen LogP contribution >= 0.6 is 0 Å². The highest BCUT2D eigenvalue weighted by atomic mass is 32.2. The van der Waals surface area contributed by atoms with E-state index in [2.05, 4.69) is 19.2 Å². The van der Waals surface area contributed by atoms with Gasteiger partial charge in [-0.25, -0.2) is 8.42 Å². The molecule has 1 N–H and O–H groups in total. The molecule has 0 heterocycles. The Balaban J connectivity index is 2.05. The number of sulfonamides is 1. The monoisotopic (exact) mass is 390 g/mol. The number of benzene rings is 2. The van der Waals surface area contributed by atoms with Crippen LogP contribution in [0.25, 0.3) is 0 Å². The molecule has 146 valence electrons. The van der Waals surface area contributed by atoms with E-state index in [1.165, 1.54) is 11.4 Å². The van der Waals surface area contributed by atoms with Crippen LogP contribution in [0.2, 0.25) is 0 Å². The first-order chi connectivity index (χ1) is 12.6. The van der Waals surface area contributed by atoms with E-state index in [0.717, 1.165) is 17.5 Å². The largest absolute Gasteiger partial charge is 0.481 e. The van der Waals surface area contributed by atoms with Gasteiger partial charge in [0.05, 0.1) is 11.9 Å². The SMILES string of the molecule is CC(Oc1ccc(N(C)S(C)(=O)=O)cc1)C(=O)Nc1ccccc1C(C)C. The fourth-order valence-electron chi connectivity index (χ4n) is 2.53. The Morgan fingerprint density at radius 2 is 1.63 bits per heavy atom. The predicted molar refractivity (Wildman–Crippen MR) is 109 cm³/mol. The molecule has 0 fully saturated rings. The van der Waals surface area contributed by atoms with E-state index in [1.807, 2.05) is 24.3 Å². The Labute approximate surface area is 161 Å². The lowest BCUT2D eigenvalue weighted by Gasteiger charge is -2.19. The van der Waals surface area contributed by atoms with Crippen LogP contribution in [0.15, 0.2) is 48.5 Å². The molecule has 2 aromatic carbocycles. The molecule has 0 aromatic heterocycles. The molecule has 0 aliphatic carbocycles. The quantitative estimate of drug-likeness (QED) is 0.784. The molecule has 0 saturated carbocycles. The van der Waals surface area contributed by atoms with Crippen LogP contribution in [0.3, 0.4) is 0 Å². The van der Waals surface area contributed by atoms with Crippen molar-refractivity contribution in [2.45, 2.75) is 32.8 Å². The van der Waals surface area contributed by atoms with Gasteiger partial charge in [0, 0.05) is 12.7 Å². The van der Waals surface area contributed by atoms with E-state index in [9.17, 15) is 13.2 Å². The Bertz CT molecular complexity index is 892. The third-order valence-electron chi connectivity index (χ3n) is 4.22. The van der Waals surface area contributed by atoms with Crippen molar-refractivity contribution >= 4 is 27.3 Å². The highest BCUT2D eigenvalue weighted by Crippen LogP contribution is 2.25. The van der Waals surface area contributed by atoms with Gasteiger partial charge < -0.3 is 10.1 Å². The normalized spacial score (nSPS) is 12.5. The molecule has 0 bridgehead atoms. The summed E-state index contributed by atoms with van der Waals surface area (Å²) in [4.78, 5) is 12.5. The number of carbonyl (C=O) groups is 1. The zero-order chi connectivity index (χ0) is 20.2. The van der Waals surface area contributed by atoms with Crippen LogP contribution in [-0.2, 0) is 14.8 Å². The number of ether oxygens (including phenoxy) is 1. The van der Waals surface area contributed by atoms with E-state index in [0.29, 0.717) is 11.4 Å². The van der Waals surface area contributed by atoms with Gasteiger partial charge >= 0.3 is 0 Å². The van der Waals surface area contributed by atoms with Gasteiger partial charge in [-0.3, -0.25) is 9.10 Å². The zero-order valence-electron chi connectivity index (χ0n) is 16.3. The number of anilines is 2. The molecule has 0 aliphatic heterocycles. The van der Waals surface area contributed by atoms with Gasteiger partial charge in [0.2, 0.25) is 10.0 Å². The molecule has 6 nitrogen and oxygen atoms in total. The molecular formula is C20H26N2O4S. The molecule has 2 aromatic rings. The molecule has 27 heavy (non-hydrogen) atoms. The average molecular weight is 391 g/mol. The molecule has 1 unspecified atom stereocenters. The maximum Gasteiger partial charge on any atom is 0.265 e. The van der Waals surface area contributed by atoms with E-state index in [1.54, 1.807) is 31.2 Å². The lowest BCUT2D eigenvalue weighted by Crippen LogP contribution is -2.30.